The number of pyridine rings is 2. The van der Waals surface area contributed by atoms with Crippen LogP contribution in [-0.4, -0.2) is 39.6 Å². The molecule has 1 aliphatic heterocycles. The molecule has 0 aliphatic carbocycles. The fourth-order valence-corrected chi connectivity index (χ4v) is 3.26. The first-order chi connectivity index (χ1) is 12.3. The Morgan fingerprint density at radius 1 is 1.04 bits per heavy atom. The van der Waals surface area contributed by atoms with Crippen molar-refractivity contribution in [1.29, 1.82) is 0 Å². The van der Waals surface area contributed by atoms with Crippen molar-refractivity contribution in [2.45, 2.75) is 19.8 Å². The third-order valence-electron chi connectivity index (χ3n) is 4.72. The van der Waals surface area contributed by atoms with Gasteiger partial charge in [0.05, 0.1) is 12.0 Å². The maximum atomic E-state index is 5.92. The zero-order valence-electron chi connectivity index (χ0n) is 14.3. The third-order valence-corrected chi connectivity index (χ3v) is 4.72. The summed E-state index contributed by atoms with van der Waals surface area (Å²) in [6.45, 7) is 4.68. The van der Waals surface area contributed by atoms with Crippen molar-refractivity contribution in [2.24, 2.45) is 5.92 Å². The number of rotatable bonds is 4. The molecule has 0 bridgehead atoms. The topological polar surface area (TPSA) is 64.0 Å². The molecule has 0 aromatic carbocycles. The van der Waals surface area contributed by atoms with E-state index in [4.69, 9.17) is 4.74 Å². The van der Waals surface area contributed by atoms with Crippen LogP contribution in [0.5, 0.6) is 5.88 Å². The van der Waals surface area contributed by atoms with E-state index < -0.39 is 0 Å². The van der Waals surface area contributed by atoms with Gasteiger partial charge in [-0.1, -0.05) is 6.07 Å². The molecule has 6 nitrogen and oxygen atoms in total. The molecule has 1 fully saturated rings. The standard InChI is InChI=1S/C19H21N5O/c1-14-4-2-9-21-19(14)25-12-15-6-10-24(11-7-15)18-16-5-3-8-20-17(16)22-13-23-18/h2-5,8-9,13,15H,6-7,10-12H2,1H3. The highest BCUT2D eigenvalue weighted by molar-refractivity contribution is 5.86. The maximum Gasteiger partial charge on any atom is 0.216 e. The Kier molecular flexibility index (Phi) is 4.41. The van der Waals surface area contributed by atoms with Crippen molar-refractivity contribution in [3.8, 4) is 5.88 Å². The highest BCUT2D eigenvalue weighted by Gasteiger charge is 2.22. The van der Waals surface area contributed by atoms with E-state index in [1.54, 1.807) is 18.7 Å². The highest BCUT2D eigenvalue weighted by atomic mass is 16.5. The van der Waals surface area contributed by atoms with E-state index in [9.17, 15) is 0 Å². The van der Waals surface area contributed by atoms with E-state index in [-0.39, 0.29) is 0 Å². The van der Waals surface area contributed by atoms with E-state index in [1.165, 1.54) is 0 Å². The Labute approximate surface area is 146 Å². The molecular formula is C19H21N5O. The first-order valence-corrected chi connectivity index (χ1v) is 8.66. The molecule has 1 saturated heterocycles. The number of ether oxygens (including phenoxy) is 1. The summed E-state index contributed by atoms with van der Waals surface area (Å²) in [5.74, 6) is 2.28. The van der Waals surface area contributed by atoms with Crippen molar-refractivity contribution in [3.63, 3.8) is 0 Å². The summed E-state index contributed by atoms with van der Waals surface area (Å²) in [5, 5.41) is 1.02. The fraction of sp³-hybridized carbons (Fsp3) is 0.368. The van der Waals surface area contributed by atoms with Gasteiger partial charge in [-0.25, -0.2) is 19.9 Å². The molecule has 0 amide bonds. The minimum atomic E-state index is 0.545. The second-order valence-electron chi connectivity index (χ2n) is 6.44. The predicted octanol–water partition coefficient (Wildman–Crippen LogP) is 3.02. The lowest BCUT2D eigenvalue weighted by Gasteiger charge is -2.33. The van der Waals surface area contributed by atoms with Crippen molar-refractivity contribution < 1.29 is 4.74 Å². The number of hydrogen-bond donors (Lipinski definition) is 0. The van der Waals surface area contributed by atoms with Crippen LogP contribution in [0.2, 0.25) is 0 Å². The van der Waals surface area contributed by atoms with Crippen LogP contribution in [0, 0.1) is 12.8 Å². The van der Waals surface area contributed by atoms with Crippen LogP contribution >= 0.6 is 0 Å². The molecule has 1 aliphatic rings. The van der Waals surface area contributed by atoms with E-state index in [0.717, 1.165) is 60.8 Å². The molecule has 0 N–H and O–H groups in total. The summed E-state index contributed by atoms with van der Waals surface area (Å²) in [4.78, 5) is 19.7. The molecule has 4 rings (SSSR count). The summed E-state index contributed by atoms with van der Waals surface area (Å²) in [7, 11) is 0. The Bertz CT molecular complexity index is 856. The second-order valence-corrected chi connectivity index (χ2v) is 6.44. The van der Waals surface area contributed by atoms with E-state index in [1.807, 2.05) is 31.2 Å². The van der Waals surface area contributed by atoms with Crippen LogP contribution in [0.4, 0.5) is 5.82 Å². The quantitative estimate of drug-likeness (QED) is 0.730. The molecule has 3 aromatic rings. The number of fused-ring (bicyclic) bond motifs is 1. The number of piperidine rings is 1. The number of hydrogen-bond acceptors (Lipinski definition) is 6. The Morgan fingerprint density at radius 3 is 2.68 bits per heavy atom. The van der Waals surface area contributed by atoms with Gasteiger partial charge >= 0.3 is 0 Å². The van der Waals surface area contributed by atoms with Crippen LogP contribution < -0.4 is 9.64 Å². The molecular weight excluding hydrogens is 314 g/mol. The number of aromatic nitrogens is 4. The van der Waals surface area contributed by atoms with Gasteiger partial charge in [0.15, 0.2) is 5.65 Å². The van der Waals surface area contributed by atoms with Crippen LogP contribution in [-0.2, 0) is 0 Å². The van der Waals surface area contributed by atoms with Crippen molar-refractivity contribution in [3.05, 3.63) is 48.5 Å². The van der Waals surface area contributed by atoms with Gasteiger partial charge in [0, 0.05) is 31.0 Å². The molecule has 0 atom stereocenters. The van der Waals surface area contributed by atoms with Gasteiger partial charge in [0.25, 0.3) is 0 Å². The first-order valence-electron chi connectivity index (χ1n) is 8.66. The van der Waals surface area contributed by atoms with Gasteiger partial charge < -0.3 is 9.64 Å². The molecule has 0 radical (unpaired) electrons. The molecule has 4 heterocycles. The zero-order chi connectivity index (χ0) is 17.1. The molecule has 25 heavy (non-hydrogen) atoms. The summed E-state index contributed by atoms with van der Waals surface area (Å²) in [5.41, 5.74) is 1.84. The molecule has 3 aromatic heterocycles. The largest absolute Gasteiger partial charge is 0.477 e. The zero-order valence-corrected chi connectivity index (χ0v) is 14.3. The summed E-state index contributed by atoms with van der Waals surface area (Å²) in [6, 6.07) is 7.93. The smallest absolute Gasteiger partial charge is 0.216 e. The average Bonchev–Trinajstić information content (AvgIpc) is 2.67. The molecule has 6 heteroatoms. The van der Waals surface area contributed by atoms with Gasteiger partial charge in [0.2, 0.25) is 5.88 Å². The van der Waals surface area contributed by atoms with Crippen molar-refractivity contribution in [1.82, 2.24) is 19.9 Å². The van der Waals surface area contributed by atoms with E-state index in [0.29, 0.717) is 5.92 Å². The minimum Gasteiger partial charge on any atom is -0.477 e. The lowest BCUT2D eigenvalue weighted by molar-refractivity contribution is 0.215. The normalized spacial score (nSPS) is 15.5. The van der Waals surface area contributed by atoms with Gasteiger partial charge in [-0.15, -0.1) is 0 Å². The molecule has 128 valence electrons. The van der Waals surface area contributed by atoms with Gasteiger partial charge in [-0.05, 0) is 43.9 Å². The fourth-order valence-electron chi connectivity index (χ4n) is 3.26. The van der Waals surface area contributed by atoms with Gasteiger partial charge in [-0.3, -0.25) is 0 Å². The van der Waals surface area contributed by atoms with Crippen LogP contribution in [0.15, 0.2) is 43.0 Å². The molecule has 0 spiro atoms. The van der Waals surface area contributed by atoms with Crippen LogP contribution in [0.1, 0.15) is 18.4 Å². The van der Waals surface area contributed by atoms with Gasteiger partial charge in [0.1, 0.15) is 12.1 Å². The van der Waals surface area contributed by atoms with Crippen LogP contribution in [0.3, 0.4) is 0 Å². The highest BCUT2D eigenvalue weighted by Crippen LogP contribution is 2.27. The lowest BCUT2D eigenvalue weighted by atomic mass is 9.97. The van der Waals surface area contributed by atoms with E-state index in [2.05, 4.69) is 24.8 Å². The SMILES string of the molecule is Cc1cccnc1OCC1CCN(c2ncnc3ncccc23)CC1. The predicted molar refractivity (Wildman–Crippen MR) is 96.7 cm³/mol. The van der Waals surface area contributed by atoms with E-state index >= 15 is 0 Å². The Hall–Kier alpha value is -2.76. The van der Waals surface area contributed by atoms with Crippen molar-refractivity contribution >= 4 is 16.9 Å². The number of aryl methyl sites for hydroxylation is 1. The summed E-state index contributed by atoms with van der Waals surface area (Å²) >= 11 is 0. The Balaban J connectivity index is 1.39. The minimum absolute atomic E-state index is 0.545. The molecule has 0 unspecified atom stereocenters. The van der Waals surface area contributed by atoms with Gasteiger partial charge in [-0.2, -0.15) is 0 Å². The summed E-state index contributed by atoms with van der Waals surface area (Å²) in [6.07, 6.45) is 7.31. The van der Waals surface area contributed by atoms with Crippen LogP contribution in [0.25, 0.3) is 11.0 Å². The average molecular weight is 335 g/mol. The van der Waals surface area contributed by atoms with Crippen molar-refractivity contribution in [2.75, 3.05) is 24.6 Å². The Morgan fingerprint density at radius 2 is 1.84 bits per heavy atom. The number of nitrogens with zero attached hydrogens (tertiary/aromatic N) is 5. The summed E-state index contributed by atoms with van der Waals surface area (Å²) < 4.78 is 5.92. The maximum absolute atomic E-state index is 5.92. The third kappa shape index (κ3) is 3.38. The second kappa shape index (κ2) is 7.01. The first kappa shape index (κ1) is 15.7. The monoisotopic (exact) mass is 335 g/mol. The number of anilines is 1. The molecule has 0 saturated carbocycles. The lowest BCUT2D eigenvalue weighted by Crippen LogP contribution is -2.36.